The van der Waals surface area contributed by atoms with Gasteiger partial charge in [-0.15, -0.1) is 0 Å². The zero-order valence-corrected chi connectivity index (χ0v) is 21.4. The topological polar surface area (TPSA) is 49.8 Å². The first-order chi connectivity index (χ1) is 18.4. The van der Waals surface area contributed by atoms with Crippen LogP contribution in [-0.4, -0.2) is 41.7 Å². The molecular weight excluding hydrogens is 524 g/mol. The van der Waals surface area contributed by atoms with Gasteiger partial charge in [0.15, 0.2) is 0 Å². The van der Waals surface area contributed by atoms with Crippen LogP contribution >= 0.6 is 0 Å². The summed E-state index contributed by atoms with van der Waals surface area (Å²) in [6.07, 6.45) is -8.94. The molecule has 212 valence electrons. The van der Waals surface area contributed by atoms with E-state index in [1.54, 1.807) is 0 Å². The molecule has 10 heteroatoms. The Morgan fingerprint density at radius 1 is 0.974 bits per heavy atom. The summed E-state index contributed by atoms with van der Waals surface area (Å²) < 4.78 is 87.2. The molecule has 3 aliphatic rings. The quantitative estimate of drug-likeness (QED) is 0.414. The molecule has 1 N–H and O–H groups in total. The minimum Gasteiger partial charge on any atom is -0.393 e. The van der Waals surface area contributed by atoms with Gasteiger partial charge in [-0.05, 0) is 79.3 Å². The molecule has 2 saturated carbocycles. The van der Waals surface area contributed by atoms with Crippen molar-refractivity contribution in [1.82, 2.24) is 4.90 Å². The van der Waals surface area contributed by atoms with Crippen LogP contribution in [0.1, 0.15) is 65.5 Å². The van der Waals surface area contributed by atoms with Gasteiger partial charge in [-0.2, -0.15) is 26.3 Å². The number of hydrogen-bond donors (Lipinski definition) is 1. The van der Waals surface area contributed by atoms with Crippen LogP contribution in [-0.2, 0) is 21.9 Å². The number of carbonyl (C=O) groups is 1. The van der Waals surface area contributed by atoms with E-state index >= 15 is 0 Å². The fourth-order valence-electron chi connectivity index (χ4n) is 6.36. The second-order valence-corrected chi connectivity index (χ2v) is 11.1. The first-order valence-corrected chi connectivity index (χ1v) is 13.3. The van der Waals surface area contributed by atoms with Gasteiger partial charge < -0.3 is 14.7 Å². The number of amides is 1. The van der Waals surface area contributed by atoms with Crippen LogP contribution in [0.15, 0.2) is 42.5 Å². The van der Waals surface area contributed by atoms with Crippen molar-refractivity contribution in [2.45, 2.75) is 63.1 Å². The summed E-state index contributed by atoms with van der Waals surface area (Å²) in [5.41, 5.74) is -1.29. The van der Waals surface area contributed by atoms with Crippen LogP contribution in [0.2, 0.25) is 0 Å². The lowest BCUT2D eigenvalue weighted by Crippen LogP contribution is -2.39. The molecule has 1 heterocycles. The first kappa shape index (κ1) is 28.0. The van der Waals surface area contributed by atoms with E-state index in [1.165, 1.54) is 0 Å². The minimum atomic E-state index is -5.00. The van der Waals surface area contributed by atoms with E-state index in [2.05, 4.69) is 0 Å². The third-order valence-corrected chi connectivity index (χ3v) is 8.45. The van der Waals surface area contributed by atoms with Gasteiger partial charge in [-0.3, -0.25) is 4.79 Å². The molecule has 3 fully saturated rings. The number of aliphatic hydroxyl groups excluding tert-OH is 1. The van der Waals surface area contributed by atoms with Gasteiger partial charge in [0.25, 0.3) is 0 Å². The lowest BCUT2D eigenvalue weighted by molar-refractivity contribution is -0.143. The number of halogens is 6. The minimum absolute atomic E-state index is 0.0270. The van der Waals surface area contributed by atoms with Crippen molar-refractivity contribution >= 4 is 5.91 Å². The molecule has 2 aliphatic carbocycles. The van der Waals surface area contributed by atoms with E-state index in [4.69, 9.17) is 4.74 Å². The van der Waals surface area contributed by atoms with Gasteiger partial charge in [0.05, 0.1) is 23.8 Å². The SMILES string of the molecule is Cc1ccccc1[C@H]1[C@@H]2CN(C(=O)C3CC3)C[C@H]2CC[C@@H]1O[C@H](CO)c1cc(C(F)(F)F)cc(C(F)(F)F)c1. The highest BCUT2D eigenvalue weighted by Crippen LogP contribution is 2.49. The number of carbonyl (C=O) groups excluding carboxylic acids is 1. The monoisotopic (exact) mass is 555 g/mol. The number of hydrogen-bond acceptors (Lipinski definition) is 3. The number of alkyl halides is 6. The fraction of sp³-hybridized carbons (Fsp3) is 0.552. The standard InChI is InChI=1S/C29H31F6NO3/c1-16-4-2-3-5-22(16)26-23-14-36(27(38)17-6-7-17)13-18(23)8-9-24(26)39-25(15-37)19-10-20(28(30,31)32)12-21(11-19)29(33,34)35/h2-5,10-12,17-18,23-26,37H,6-9,13-15H2,1H3/t18-,23-,24+,25-,26+/m1/s1. The normalized spacial score (nSPS) is 26.4. The summed E-state index contributed by atoms with van der Waals surface area (Å²) in [7, 11) is 0. The molecule has 0 spiro atoms. The summed E-state index contributed by atoms with van der Waals surface area (Å²) in [6, 6.07) is 9.01. The summed E-state index contributed by atoms with van der Waals surface area (Å²) in [6.45, 7) is 2.34. The van der Waals surface area contributed by atoms with Crippen molar-refractivity contribution in [2.24, 2.45) is 17.8 Å². The number of likely N-dealkylation sites (tertiary alicyclic amines) is 1. The molecule has 1 amide bonds. The lowest BCUT2D eigenvalue weighted by atomic mass is 9.68. The predicted octanol–water partition coefficient (Wildman–Crippen LogP) is 6.51. The summed E-state index contributed by atoms with van der Waals surface area (Å²) >= 11 is 0. The van der Waals surface area contributed by atoms with Gasteiger partial charge in [0.2, 0.25) is 5.91 Å². The van der Waals surface area contributed by atoms with Gasteiger partial charge in [-0.1, -0.05) is 24.3 Å². The lowest BCUT2D eigenvalue weighted by Gasteiger charge is -2.41. The number of aliphatic hydroxyl groups is 1. The van der Waals surface area contributed by atoms with Gasteiger partial charge in [-0.25, -0.2) is 0 Å². The Balaban J connectivity index is 1.48. The van der Waals surface area contributed by atoms with E-state index in [-0.39, 0.29) is 41.2 Å². The second-order valence-electron chi connectivity index (χ2n) is 11.1. The maximum Gasteiger partial charge on any atom is 0.416 e. The number of benzene rings is 2. The van der Waals surface area contributed by atoms with Crippen LogP contribution in [0.3, 0.4) is 0 Å². The van der Waals surface area contributed by atoms with Crippen molar-refractivity contribution in [3.8, 4) is 0 Å². The summed E-state index contributed by atoms with van der Waals surface area (Å²) in [5.74, 6) is 0.247. The third kappa shape index (κ3) is 5.82. The third-order valence-electron chi connectivity index (χ3n) is 8.45. The molecule has 2 aromatic carbocycles. The van der Waals surface area contributed by atoms with E-state index in [0.717, 1.165) is 24.0 Å². The Labute approximate surface area is 222 Å². The average molecular weight is 556 g/mol. The molecule has 39 heavy (non-hydrogen) atoms. The van der Waals surface area contributed by atoms with Crippen LogP contribution in [0.4, 0.5) is 26.3 Å². The first-order valence-electron chi connectivity index (χ1n) is 13.3. The zero-order chi connectivity index (χ0) is 28.1. The van der Waals surface area contributed by atoms with E-state index in [1.807, 2.05) is 36.1 Å². The zero-order valence-electron chi connectivity index (χ0n) is 21.4. The van der Waals surface area contributed by atoms with Crippen molar-refractivity contribution in [3.05, 3.63) is 70.3 Å². The molecule has 0 radical (unpaired) electrons. The van der Waals surface area contributed by atoms with Crippen LogP contribution in [0, 0.1) is 24.7 Å². The largest absolute Gasteiger partial charge is 0.416 e. The Kier molecular flexibility index (Phi) is 7.47. The van der Waals surface area contributed by atoms with Crippen molar-refractivity contribution < 1.29 is 41.0 Å². The van der Waals surface area contributed by atoms with E-state index in [0.29, 0.717) is 38.1 Å². The maximum absolute atomic E-state index is 13.5. The van der Waals surface area contributed by atoms with Crippen molar-refractivity contribution in [3.63, 3.8) is 0 Å². The molecule has 5 atom stereocenters. The molecule has 0 unspecified atom stereocenters. The summed E-state index contributed by atoms with van der Waals surface area (Å²) in [4.78, 5) is 14.8. The second kappa shape index (κ2) is 10.4. The van der Waals surface area contributed by atoms with E-state index < -0.39 is 42.3 Å². The molecular formula is C29H31F6NO3. The predicted molar refractivity (Wildman–Crippen MR) is 131 cm³/mol. The highest BCUT2D eigenvalue weighted by atomic mass is 19.4. The van der Waals surface area contributed by atoms with Crippen molar-refractivity contribution in [1.29, 1.82) is 0 Å². The highest BCUT2D eigenvalue weighted by Gasteiger charge is 2.49. The molecule has 1 saturated heterocycles. The molecule has 0 aromatic heterocycles. The molecule has 5 rings (SSSR count). The number of fused-ring (bicyclic) bond motifs is 1. The van der Waals surface area contributed by atoms with Crippen LogP contribution in [0.5, 0.6) is 0 Å². The average Bonchev–Trinajstić information content (AvgIpc) is 3.64. The highest BCUT2D eigenvalue weighted by molar-refractivity contribution is 5.81. The fourth-order valence-corrected chi connectivity index (χ4v) is 6.36. The van der Waals surface area contributed by atoms with Crippen LogP contribution in [0.25, 0.3) is 0 Å². The van der Waals surface area contributed by atoms with Gasteiger partial charge in [0, 0.05) is 24.9 Å². The Bertz CT molecular complexity index is 1180. The smallest absolute Gasteiger partial charge is 0.393 e. The van der Waals surface area contributed by atoms with Gasteiger partial charge >= 0.3 is 12.4 Å². The van der Waals surface area contributed by atoms with E-state index in [9.17, 15) is 36.2 Å². The molecule has 4 nitrogen and oxygen atoms in total. The number of aryl methyl sites for hydroxylation is 1. The maximum atomic E-state index is 13.5. The number of nitrogens with zero attached hydrogens (tertiary/aromatic N) is 1. The van der Waals surface area contributed by atoms with Crippen LogP contribution < -0.4 is 0 Å². The number of ether oxygens (including phenoxy) is 1. The molecule has 1 aliphatic heterocycles. The summed E-state index contributed by atoms with van der Waals surface area (Å²) in [5, 5.41) is 10.1. The number of rotatable bonds is 6. The Hall–Kier alpha value is -2.59. The Morgan fingerprint density at radius 2 is 1.62 bits per heavy atom. The van der Waals surface area contributed by atoms with Gasteiger partial charge in [0.1, 0.15) is 6.10 Å². The Morgan fingerprint density at radius 3 is 2.18 bits per heavy atom. The molecule has 2 aromatic rings. The molecule has 0 bridgehead atoms. The van der Waals surface area contributed by atoms with Crippen molar-refractivity contribution in [2.75, 3.05) is 19.7 Å².